The van der Waals surface area contributed by atoms with E-state index >= 15 is 0 Å². The minimum Gasteiger partial charge on any atom is -0.326 e. The molecule has 1 aromatic carbocycles. The second kappa shape index (κ2) is 7.24. The van der Waals surface area contributed by atoms with Gasteiger partial charge in [-0.1, -0.05) is 25.5 Å². The normalized spacial score (nSPS) is 17.4. The highest BCUT2D eigenvalue weighted by Gasteiger charge is 2.28. The monoisotopic (exact) mass is 324 g/mol. The van der Waals surface area contributed by atoms with Gasteiger partial charge in [0.25, 0.3) is 0 Å². The first kappa shape index (κ1) is 17.0. The van der Waals surface area contributed by atoms with Gasteiger partial charge >= 0.3 is 0 Å². The van der Waals surface area contributed by atoms with Crippen LogP contribution in [0.1, 0.15) is 31.7 Å². The maximum atomic E-state index is 12.3. The van der Waals surface area contributed by atoms with Crippen LogP contribution >= 0.6 is 0 Å². The molecule has 0 aromatic heterocycles. The molecular formula is C16H24N2O3S. The smallest absolute Gasteiger partial charge is 0.227 e. The molecule has 0 radical (unpaired) electrons. The number of benzene rings is 1. The summed E-state index contributed by atoms with van der Waals surface area (Å²) in [6.45, 7) is 2.98. The topological polar surface area (TPSA) is 66.5 Å². The van der Waals surface area contributed by atoms with E-state index in [0.717, 1.165) is 18.5 Å². The molecule has 2 rings (SSSR count). The van der Waals surface area contributed by atoms with Gasteiger partial charge in [-0.25, -0.2) is 12.7 Å². The Morgan fingerprint density at radius 1 is 1.23 bits per heavy atom. The number of anilines is 1. The van der Waals surface area contributed by atoms with Crippen LogP contribution in [0.5, 0.6) is 0 Å². The molecule has 1 saturated heterocycles. The van der Waals surface area contributed by atoms with E-state index in [1.165, 1.54) is 16.1 Å². The van der Waals surface area contributed by atoms with E-state index in [-0.39, 0.29) is 11.8 Å². The van der Waals surface area contributed by atoms with Crippen LogP contribution in [0, 0.1) is 5.92 Å². The highest BCUT2D eigenvalue weighted by molar-refractivity contribution is 7.88. The number of carbonyl (C=O) groups excluding carboxylic acids is 1. The number of nitrogens with one attached hydrogen (secondary N) is 1. The van der Waals surface area contributed by atoms with E-state index in [2.05, 4.69) is 12.2 Å². The summed E-state index contributed by atoms with van der Waals surface area (Å²) in [6.07, 6.45) is 4.51. The summed E-state index contributed by atoms with van der Waals surface area (Å²) >= 11 is 0. The summed E-state index contributed by atoms with van der Waals surface area (Å²) in [4.78, 5) is 12.3. The average Bonchev–Trinajstić information content (AvgIpc) is 2.49. The summed E-state index contributed by atoms with van der Waals surface area (Å²) in [5, 5.41) is 2.93. The molecule has 0 aliphatic carbocycles. The predicted octanol–water partition coefficient (Wildman–Crippen LogP) is 2.25. The lowest BCUT2D eigenvalue weighted by atomic mass is 9.97. The molecule has 5 nitrogen and oxygen atoms in total. The Labute approximate surface area is 132 Å². The molecule has 122 valence electrons. The van der Waals surface area contributed by atoms with Crippen molar-refractivity contribution in [2.45, 2.75) is 32.6 Å². The lowest BCUT2D eigenvalue weighted by Gasteiger charge is -2.29. The van der Waals surface area contributed by atoms with Crippen LogP contribution in [-0.2, 0) is 21.2 Å². The second-order valence-electron chi connectivity index (χ2n) is 5.87. The zero-order chi connectivity index (χ0) is 16.2. The number of hydrogen-bond acceptors (Lipinski definition) is 3. The summed E-state index contributed by atoms with van der Waals surface area (Å²) in [5.74, 6) is -0.135. The van der Waals surface area contributed by atoms with Crippen molar-refractivity contribution in [2.75, 3.05) is 24.7 Å². The molecule has 1 fully saturated rings. The standard InChI is InChI=1S/C16H24N2O3S/c1-3-4-13-5-7-15(8-6-13)17-16(19)14-9-11-18(12-10-14)22(2,20)21/h5-8,14H,3-4,9-12H2,1-2H3,(H,17,19). The molecule has 1 aliphatic heterocycles. The van der Waals surface area contributed by atoms with Crippen molar-refractivity contribution in [1.29, 1.82) is 0 Å². The van der Waals surface area contributed by atoms with Crippen LogP contribution < -0.4 is 5.32 Å². The largest absolute Gasteiger partial charge is 0.326 e. The first-order chi connectivity index (χ1) is 10.4. The molecule has 0 atom stereocenters. The van der Waals surface area contributed by atoms with Crippen molar-refractivity contribution >= 4 is 21.6 Å². The molecule has 0 bridgehead atoms. The minimum atomic E-state index is -3.14. The Kier molecular flexibility index (Phi) is 5.58. The third-order valence-electron chi connectivity index (χ3n) is 4.05. The lowest BCUT2D eigenvalue weighted by Crippen LogP contribution is -2.40. The van der Waals surface area contributed by atoms with E-state index in [1.807, 2.05) is 24.3 Å². The molecule has 1 aromatic rings. The van der Waals surface area contributed by atoms with Gasteiger partial charge in [-0.2, -0.15) is 0 Å². The molecule has 0 unspecified atom stereocenters. The van der Waals surface area contributed by atoms with Gasteiger partial charge in [0.05, 0.1) is 6.26 Å². The number of aryl methyl sites for hydroxylation is 1. The molecule has 0 saturated carbocycles. The molecular weight excluding hydrogens is 300 g/mol. The molecule has 1 amide bonds. The van der Waals surface area contributed by atoms with E-state index in [0.29, 0.717) is 25.9 Å². The van der Waals surface area contributed by atoms with E-state index in [4.69, 9.17) is 0 Å². The number of amides is 1. The third kappa shape index (κ3) is 4.55. The lowest BCUT2D eigenvalue weighted by molar-refractivity contribution is -0.120. The van der Waals surface area contributed by atoms with Crippen molar-refractivity contribution in [3.63, 3.8) is 0 Å². The van der Waals surface area contributed by atoms with Gasteiger partial charge in [0, 0.05) is 24.7 Å². The van der Waals surface area contributed by atoms with E-state index in [9.17, 15) is 13.2 Å². The van der Waals surface area contributed by atoms with Crippen LogP contribution in [0.25, 0.3) is 0 Å². The molecule has 1 N–H and O–H groups in total. The number of nitrogens with zero attached hydrogens (tertiary/aromatic N) is 1. The predicted molar refractivity (Wildman–Crippen MR) is 88.2 cm³/mol. The SMILES string of the molecule is CCCc1ccc(NC(=O)C2CCN(S(C)(=O)=O)CC2)cc1. The fourth-order valence-electron chi connectivity index (χ4n) is 2.74. The van der Waals surface area contributed by atoms with Crippen LogP contribution in [-0.4, -0.2) is 38.0 Å². The summed E-state index contributed by atoms with van der Waals surface area (Å²) < 4.78 is 24.4. The fraction of sp³-hybridized carbons (Fsp3) is 0.562. The average molecular weight is 324 g/mol. The second-order valence-corrected chi connectivity index (χ2v) is 7.85. The Morgan fingerprint density at radius 2 is 1.82 bits per heavy atom. The van der Waals surface area contributed by atoms with E-state index < -0.39 is 10.0 Å². The molecule has 1 heterocycles. The van der Waals surface area contributed by atoms with Crippen LogP contribution in [0.4, 0.5) is 5.69 Å². The van der Waals surface area contributed by atoms with Gasteiger partial charge < -0.3 is 5.32 Å². The van der Waals surface area contributed by atoms with Gasteiger partial charge in [-0.05, 0) is 37.0 Å². The minimum absolute atomic E-state index is 0.0172. The third-order valence-corrected chi connectivity index (χ3v) is 5.36. The number of sulfonamides is 1. The van der Waals surface area contributed by atoms with Crippen molar-refractivity contribution in [3.8, 4) is 0 Å². The zero-order valence-corrected chi connectivity index (χ0v) is 14.0. The number of hydrogen-bond donors (Lipinski definition) is 1. The van der Waals surface area contributed by atoms with Gasteiger partial charge in [-0.3, -0.25) is 4.79 Å². The first-order valence-corrected chi connectivity index (χ1v) is 9.60. The fourth-order valence-corrected chi connectivity index (χ4v) is 3.61. The van der Waals surface area contributed by atoms with Gasteiger partial charge in [0.1, 0.15) is 0 Å². The van der Waals surface area contributed by atoms with Crippen molar-refractivity contribution < 1.29 is 13.2 Å². The summed E-state index contributed by atoms with van der Waals surface area (Å²) in [5.41, 5.74) is 2.07. The first-order valence-electron chi connectivity index (χ1n) is 7.75. The molecule has 0 spiro atoms. The Morgan fingerprint density at radius 3 is 2.32 bits per heavy atom. The maximum absolute atomic E-state index is 12.3. The van der Waals surface area contributed by atoms with Gasteiger partial charge in [0.2, 0.25) is 15.9 Å². The van der Waals surface area contributed by atoms with Crippen LogP contribution in [0.2, 0.25) is 0 Å². The Balaban J connectivity index is 1.88. The number of rotatable bonds is 5. The molecule has 6 heteroatoms. The Hall–Kier alpha value is -1.40. The van der Waals surface area contributed by atoms with Crippen LogP contribution in [0.3, 0.4) is 0 Å². The number of piperidine rings is 1. The zero-order valence-electron chi connectivity index (χ0n) is 13.2. The summed E-state index contributed by atoms with van der Waals surface area (Å²) in [7, 11) is -3.14. The van der Waals surface area contributed by atoms with Gasteiger partial charge in [-0.15, -0.1) is 0 Å². The highest BCUT2D eigenvalue weighted by atomic mass is 32.2. The molecule has 1 aliphatic rings. The van der Waals surface area contributed by atoms with Crippen molar-refractivity contribution in [2.24, 2.45) is 5.92 Å². The van der Waals surface area contributed by atoms with Crippen molar-refractivity contribution in [3.05, 3.63) is 29.8 Å². The van der Waals surface area contributed by atoms with Gasteiger partial charge in [0.15, 0.2) is 0 Å². The molecule has 22 heavy (non-hydrogen) atoms. The quantitative estimate of drug-likeness (QED) is 0.903. The number of carbonyl (C=O) groups is 1. The highest BCUT2D eigenvalue weighted by Crippen LogP contribution is 2.21. The maximum Gasteiger partial charge on any atom is 0.227 e. The van der Waals surface area contributed by atoms with Crippen LogP contribution in [0.15, 0.2) is 24.3 Å². The Bertz CT molecular complexity index is 603. The summed E-state index contributed by atoms with van der Waals surface area (Å²) in [6, 6.07) is 7.92. The van der Waals surface area contributed by atoms with Crippen molar-refractivity contribution in [1.82, 2.24) is 4.31 Å². The van der Waals surface area contributed by atoms with E-state index in [1.54, 1.807) is 0 Å².